The zero-order chi connectivity index (χ0) is 17.4. The van der Waals surface area contributed by atoms with Crippen molar-refractivity contribution in [1.29, 1.82) is 0 Å². The lowest BCUT2D eigenvalue weighted by molar-refractivity contribution is -0.119. The van der Waals surface area contributed by atoms with Gasteiger partial charge in [0.25, 0.3) is 0 Å². The molecule has 2 rings (SSSR count). The van der Waals surface area contributed by atoms with E-state index in [1.54, 1.807) is 0 Å². The first-order valence-corrected chi connectivity index (χ1v) is 8.34. The van der Waals surface area contributed by atoms with E-state index in [0.717, 1.165) is 17.0 Å². The van der Waals surface area contributed by atoms with Gasteiger partial charge in [-0.05, 0) is 48.2 Å². The fraction of sp³-hybridized carbons (Fsp3) is 0.350. The van der Waals surface area contributed by atoms with Crippen LogP contribution in [-0.2, 0) is 4.79 Å². The van der Waals surface area contributed by atoms with Crippen molar-refractivity contribution in [1.82, 2.24) is 5.32 Å². The molecular formula is C20H26N2O2. The summed E-state index contributed by atoms with van der Waals surface area (Å²) < 4.78 is 5.60. The lowest BCUT2D eigenvalue weighted by atomic mass is 10.0. The monoisotopic (exact) mass is 326 g/mol. The second-order valence-corrected chi connectivity index (χ2v) is 6.15. The first-order chi connectivity index (χ1) is 11.5. The minimum atomic E-state index is -0.0456. The predicted octanol–water partition coefficient (Wildman–Crippen LogP) is 3.73. The molecule has 0 heterocycles. The Morgan fingerprint density at radius 1 is 1.12 bits per heavy atom. The van der Waals surface area contributed by atoms with Crippen molar-refractivity contribution >= 4 is 11.6 Å². The molecule has 1 amide bonds. The third kappa shape index (κ3) is 5.95. The molecular weight excluding hydrogens is 300 g/mol. The van der Waals surface area contributed by atoms with Crippen molar-refractivity contribution in [3.63, 3.8) is 0 Å². The molecule has 0 unspecified atom stereocenters. The maximum absolute atomic E-state index is 11.8. The number of carbonyl (C=O) groups excluding carboxylic acids is 1. The van der Waals surface area contributed by atoms with E-state index in [4.69, 9.17) is 4.74 Å². The summed E-state index contributed by atoms with van der Waals surface area (Å²) in [5.74, 6) is 1.29. The van der Waals surface area contributed by atoms with Crippen LogP contribution >= 0.6 is 0 Å². The molecule has 0 aromatic heterocycles. The molecule has 2 N–H and O–H groups in total. The van der Waals surface area contributed by atoms with Crippen LogP contribution in [0.15, 0.2) is 48.5 Å². The van der Waals surface area contributed by atoms with Crippen molar-refractivity contribution in [3.8, 4) is 5.75 Å². The smallest absolute Gasteiger partial charge is 0.239 e. The molecule has 128 valence electrons. The second kappa shape index (κ2) is 8.96. The average molecular weight is 326 g/mol. The third-order valence-electron chi connectivity index (χ3n) is 3.71. The SMILES string of the molecule is Cc1cccc(OCCNC(=O)CNc2ccc(C(C)C)cc2)c1. The van der Waals surface area contributed by atoms with Gasteiger partial charge in [-0.3, -0.25) is 4.79 Å². The lowest BCUT2D eigenvalue weighted by Gasteiger charge is -2.10. The number of nitrogens with one attached hydrogen (secondary N) is 2. The van der Waals surface area contributed by atoms with Crippen LogP contribution in [0.3, 0.4) is 0 Å². The van der Waals surface area contributed by atoms with Gasteiger partial charge >= 0.3 is 0 Å². The molecule has 0 aliphatic heterocycles. The zero-order valence-corrected chi connectivity index (χ0v) is 14.6. The van der Waals surface area contributed by atoms with Crippen LogP contribution in [0.2, 0.25) is 0 Å². The van der Waals surface area contributed by atoms with E-state index in [2.05, 4.69) is 36.6 Å². The molecule has 0 atom stereocenters. The average Bonchev–Trinajstić information content (AvgIpc) is 2.57. The summed E-state index contributed by atoms with van der Waals surface area (Å²) in [5.41, 5.74) is 3.40. The lowest BCUT2D eigenvalue weighted by Crippen LogP contribution is -2.33. The molecule has 0 spiro atoms. The van der Waals surface area contributed by atoms with Crippen LogP contribution in [0, 0.1) is 6.92 Å². The van der Waals surface area contributed by atoms with Crippen LogP contribution in [0.4, 0.5) is 5.69 Å². The summed E-state index contributed by atoms with van der Waals surface area (Å²) in [6, 6.07) is 16.0. The van der Waals surface area contributed by atoms with Crippen LogP contribution in [0.25, 0.3) is 0 Å². The summed E-state index contributed by atoms with van der Waals surface area (Å²) >= 11 is 0. The maximum Gasteiger partial charge on any atom is 0.239 e. The molecule has 0 saturated heterocycles. The number of ether oxygens (including phenoxy) is 1. The largest absolute Gasteiger partial charge is 0.492 e. The molecule has 4 heteroatoms. The van der Waals surface area contributed by atoms with Crippen LogP contribution in [0.1, 0.15) is 30.9 Å². The summed E-state index contributed by atoms with van der Waals surface area (Å²) in [7, 11) is 0. The van der Waals surface area contributed by atoms with Gasteiger partial charge in [-0.25, -0.2) is 0 Å². The Bertz CT molecular complexity index is 651. The molecule has 4 nitrogen and oxygen atoms in total. The van der Waals surface area contributed by atoms with E-state index in [0.29, 0.717) is 19.1 Å². The normalized spacial score (nSPS) is 10.5. The summed E-state index contributed by atoms with van der Waals surface area (Å²) in [6.07, 6.45) is 0. The number of aryl methyl sites for hydroxylation is 1. The van der Waals surface area contributed by atoms with Gasteiger partial charge in [0.15, 0.2) is 0 Å². The highest BCUT2D eigenvalue weighted by molar-refractivity contribution is 5.80. The van der Waals surface area contributed by atoms with Gasteiger partial charge in [-0.15, -0.1) is 0 Å². The van der Waals surface area contributed by atoms with Crippen LogP contribution < -0.4 is 15.4 Å². The fourth-order valence-corrected chi connectivity index (χ4v) is 2.30. The number of hydrogen-bond donors (Lipinski definition) is 2. The first-order valence-electron chi connectivity index (χ1n) is 8.34. The Kier molecular flexibility index (Phi) is 6.67. The summed E-state index contributed by atoms with van der Waals surface area (Å²) in [6.45, 7) is 7.54. The fourth-order valence-electron chi connectivity index (χ4n) is 2.30. The van der Waals surface area contributed by atoms with Gasteiger partial charge in [-0.2, -0.15) is 0 Å². The highest BCUT2D eigenvalue weighted by Crippen LogP contribution is 2.16. The molecule has 0 radical (unpaired) electrons. The second-order valence-electron chi connectivity index (χ2n) is 6.15. The zero-order valence-electron chi connectivity index (χ0n) is 14.6. The summed E-state index contributed by atoms with van der Waals surface area (Å²) in [4.78, 5) is 11.8. The minimum absolute atomic E-state index is 0.0456. The van der Waals surface area contributed by atoms with E-state index >= 15 is 0 Å². The molecule has 0 bridgehead atoms. The van der Waals surface area contributed by atoms with E-state index in [-0.39, 0.29) is 12.5 Å². The Labute approximate surface area is 144 Å². The topological polar surface area (TPSA) is 50.4 Å². The first kappa shape index (κ1) is 17.9. The van der Waals surface area contributed by atoms with Crippen molar-refractivity contribution in [3.05, 3.63) is 59.7 Å². The summed E-state index contributed by atoms with van der Waals surface area (Å²) in [5, 5.41) is 5.96. The van der Waals surface area contributed by atoms with Gasteiger partial charge in [0, 0.05) is 5.69 Å². The Hall–Kier alpha value is -2.49. The van der Waals surface area contributed by atoms with E-state index in [1.165, 1.54) is 5.56 Å². The minimum Gasteiger partial charge on any atom is -0.492 e. The van der Waals surface area contributed by atoms with Gasteiger partial charge in [-0.1, -0.05) is 38.1 Å². The standard InChI is InChI=1S/C20H26N2O2/c1-15(2)17-7-9-18(10-8-17)22-14-20(23)21-11-12-24-19-6-4-5-16(3)13-19/h4-10,13,15,22H,11-12,14H2,1-3H3,(H,21,23). The van der Waals surface area contributed by atoms with Crippen molar-refractivity contribution in [2.24, 2.45) is 0 Å². The molecule has 0 fully saturated rings. The van der Waals surface area contributed by atoms with Gasteiger partial charge in [0.2, 0.25) is 5.91 Å². The van der Waals surface area contributed by atoms with Crippen molar-refractivity contribution in [2.75, 3.05) is 25.0 Å². The molecule has 0 saturated carbocycles. The number of rotatable bonds is 8. The highest BCUT2D eigenvalue weighted by atomic mass is 16.5. The maximum atomic E-state index is 11.8. The number of amides is 1. The van der Waals surface area contributed by atoms with Crippen molar-refractivity contribution < 1.29 is 9.53 Å². The van der Waals surface area contributed by atoms with E-state index in [1.807, 2.05) is 43.3 Å². The quantitative estimate of drug-likeness (QED) is 0.727. The Balaban J connectivity index is 1.64. The molecule has 24 heavy (non-hydrogen) atoms. The number of benzene rings is 2. The van der Waals surface area contributed by atoms with E-state index in [9.17, 15) is 4.79 Å². The Morgan fingerprint density at radius 3 is 2.54 bits per heavy atom. The van der Waals surface area contributed by atoms with Crippen LogP contribution in [-0.4, -0.2) is 25.6 Å². The number of carbonyl (C=O) groups is 1. The molecule has 2 aromatic rings. The number of anilines is 1. The third-order valence-corrected chi connectivity index (χ3v) is 3.71. The highest BCUT2D eigenvalue weighted by Gasteiger charge is 2.02. The van der Waals surface area contributed by atoms with Gasteiger partial charge in [0.1, 0.15) is 12.4 Å². The van der Waals surface area contributed by atoms with Crippen molar-refractivity contribution in [2.45, 2.75) is 26.7 Å². The van der Waals surface area contributed by atoms with Gasteiger partial charge in [0.05, 0.1) is 13.1 Å². The molecule has 0 aliphatic rings. The Morgan fingerprint density at radius 2 is 1.88 bits per heavy atom. The van der Waals surface area contributed by atoms with Gasteiger partial charge < -0.3 is 15.4 Å². The van der Waals surface area contributed by atoms with Crippen LogP contribution in [0.5, 0.6) is 5.75 Å². The molecule has 2 aromatic carbocycles. The van der Waals surface area contributed by atoms with E-state index < -0.39 is 0 Å². The number of hydrogen-bond acceptors (Lipinski definition) is 3. The predicted molar refractivity (Wildman–Crippen MR) is 98.7 cm³/mol. The molecule has 0 aliphatic carbocycles.